The second kappa shape index (κ2) is 16.8. The normalized spacial score (nSPS) is 11.9. The first kappa shape index (κ1) is 42.6. The average molecular weight is 959 g/mol. The van der Waals surface area contributed by atoms with Crippen LogP contribution in [0.4, 0.5) is 0 Å². The van der Waals surface area contributed by atoms with Crippen molar-refractivity contribution in [3.63, 3.8) is 0 Å². The zero-order chi connectivity index (χ0) is 49.8. The third kappa shape index (κ3) is 6.64. The van der Waals surface area contributed by atoms with E-state index in [-0.39, 0.29) is 0 Å². The van der Waals surface area contributed by atoms with Gasteiger partial charge in [-0.3, -0.25) is 0 Å². The summed E-state index contributed by atoms with van der Waals surface area (Å²) in [6, 6.07) is 105. The monoisotopic (exact) mass is 958 g/mol. The maximum atomic E-state index is 2.48. The fourth-order valence-corrected chi connectivity index (χ4v) is 13.0. The highest BCUT2D eigenvalue weighted by Gasteiger charge is 2.23. The number of fused-ring (bicyclic) bond motifs is 8. The number of benzene rings is 16. The van der Waals surface area contributed by atoms with Gasteiger partial charge in [-0.1, -0.05) is 231 Å². The summed E-state index contributed by atoms with van der Waals surface area (Å²) in [7, 11) is 0. The molecule has 0 heterocycles. The van der Waals surface area contributed by atoms with E-state index < -0.39 is 0 Å². The molecule has 16 aromatic rings. The maximum absolute atomic E-state index is 2.48. The molecule has 0 atom stereocenters. The van der Waals surface area contributed by atoms with Crippen LogP contribution in [-0.4, -0.2) is 0 Å². The van der Waals surface area contributed by atoms with Gasteiger partial charge in [0.25, 0.3) is 0 Å². The van der Waals surface area contributed by atoms with Crippen molar-refractivity contribution in [1.82, 2.24) is 0 Å². The SMILES string of the molecule is c1cc(-c2cc3ccccc3c3ccccc23)cc(-c2cc(-c3ccc4ccccc4c3)c3ccc4c(-c5cccc(-c6cc7ccccc7c7ccccc67)c5)cc(-c5ccc6ccccc6c5)c5ccc2c3c45)c1. The van der Waals surface area contributed by atoms with Gasteiger partial charge in [-0.05, 0) is 212 Å². The smallest absolute Gasteiger partial charge is 0.00139 e. The van der Waals surface area contributed by atoms with Crippen molar-refractivity contribution in [2.45, 2.75) is 0 Å². The Morgan fingerprint density at radius 1 is 0.132 bits per heavy atom. The molecule has 0 radical (unpaired) electrons. The molecule has 0 aliphatic heterocycles. The molecular weight excluding hydrogens is 913 g/mol. The van der Waals surface area contributed by atoms with E-state index in [0.717, 1.165) is 0 Å². The van der Waals surface area contributed by atoms with Gasteiger partial charge >= 0.3 is 0 Å². The molecule has 0 saturated heterocycles. The molecule has 0 nitrogen and oxygen atoms in total. The van der Waals surface area contributed by atoms with E-state index in [1.54, 1.807) is 0 Å². The summed E-state index contributed by atoms with van der Waals surface area (Å²) >= 11 is 0. The predicted octanol–water partition coefficient (Wildman–Crippen LogP) is 21.5. The summed E-state index contributed by atoms with van der Waals surface area (Å²) in [5.74, 6) is 0. The van der Waals surface area contributed by atoms with Crippen molar-refractivity contribution in [2.24, 2.45) is 0 Å². The van der Waals surface area contributed by atoms with Crippen molar-refractivity contribution < 1.29 is 0 Å². The molecule has 16 aromatic carbocycles. The standard InChI is InChI=1S/C76H46/c1-3-17-49-39-57(33-31-47(49)15-1)73-45-71(53-23-13-21-51(41-53)69-43-55-19-5-7-25-59(55)61-27-9-11-29-63(61)69)65-36-38-68-74(58-34-32-48-16-2-4-18-50(48)40-58)46-72(66-35-37-67(73)75(65)76(66)68)54-24-14-22-52(42-54)70-44-56-20-6-8-26-60(56)62-28-10-12-30-64(62)70/h1-46H. The molecule has 0 aliphatic carbocycles. The van der Waals surface area contributed by atoms with Gasteiger partial charge in [0.15, 0.2) is 0 Å². The van der Waals surface area contributed by atoms with Gasteiger partial charge in [0, 0.05) is 0 Å². The highest BCUT2D eigenvalue weighted by molar-refractivity contribution is 6.32. The van der Waals surface area contributed by atoms with E-state index in [2.05, 4.69) is 279 Å². The van der Waals surface area contributed by atoms with E-state index >= 15 is 0 Å². The van der Waals surface area contributed by atoms with Crippen LogP contribution in [0, 0.1) is 0 Å². The zero-order valence-corrected chi connectivity index (χ0v) is 41.6. The van der Waals surface area contributed by atoms with Crippen LogP contribution >= 0.6 is 0 Å². The first-order valence-corrected chi connectivity index (χ1v) is 26.5. The van der Waals surface area contributed by atoms with E-state index in [0.29, 0.717) is 0 Å². The highest BCUT2D eigenvalue weighted by Crippen LogP contribution is 2.50. The fourth-order valence-electron chi connectivity index (χ4n) is 13.0. The van der Waals surface area contributed by atoms with Gasteiger partial charge in [-0.2, -0.15) is 0 Å². The average Bonchev–Trinajstić information content (AvgIpc) is 3.58. The molecule has 76 heavy (non-hydrogen) atoms. The van der Waals surface area contributed by atoms with Gasteiger partial charge in [0.05, 0.1) is 0 Å². The Labute approximate surface area is 440 Å². The van der Waals surface area contributed by atoms with Crippen molar-refractivity contribution in [3.05, 3.63) is 279 Å². The lowest BCUT2D eigenvalue weighted by Gasteiger charge is -2.22. The number of hydrogen-bond donors (Lipinski definition) is 0. The van der Waals surface area contributed by atoms with Crippen LogP contribution in [0.25, 0.3) is 164 Å². The first-order chi connectivity index (χ1) is 37.7. The van der Waals surface area contributed by atoms with Crippen LogP contribution in [0.15, 0.2) is 279 Å². The molecule has 0 aromatic heterocycles. The first-order valence-electron chi connectivity index (χ1n) is 26.5. The summed E-state index contributed by atoms with van der Waals surface area (Å²) in [5.41, 5.74) is 14.6. The second-order valence-electron chi connectivity index (χ2n) is 20.7. The Bertz CT molecular complexity index is 4730. The second-order valence-corrected chi connectivity index (χ2v) is 20.7. The summed E-state index contributed by atoms with van der Waals surface area (Å²) < 4.78 is 0. The Morgan fingerprint density at radius 3 is 0.803 bits per heavy atom. The van der Waals surface area contributed by atoms with Crippen LogP contribution in [0.3, 0.4) is 0 Å². The van der Waals surface area contributed by atoms with E-state index in [9.17, 15) is 0 Å². The molecule has 350 valence electrons. The van der Waals surface area contributed by atoms with Crippen LogP contribution in [0.1, 0.15) is 0 Å². The molecule has 16 rings (SSSR count). The maximum Gasteiger partial charge on any atom is -0.00139 e. The van der Waals surface area contributed by atoms with Gasteiger partial charge < -0.3 is 0 Å². The molecule has 0 fully saturated rings. The van der Waals surface area contributed by atoms with E-state index in [1.165, 1.54) is 164 Å². The summed E-state index contributed by atoms with van der Waals surface area (Å²) in [6.45, 7) is 0. The highest BCUT2D eigenvalue weighted by atomic mass is 14.3. The summed E-state index contributed by atoms with van der Waals surface area (Å²) in [6.07, 6.45) is 0. The summed E-state index contributed by atoms with van der Waals surface area (Å²) in [4.78, 5) is 0. The topological polar surface area (TPSA) is 0 Å². The van der Waals surface area contributed by atoms with Gasteiger partial charge in [-0.15, -0.1) is 0 Å². The van der Waals surface area contributed by atoms with Crippen LogP contribution in [0.2, 0.25) is 0 Å². The lowest BCUT2D eigenvalue weighted by molar-refractivity contribution is 1.62. The molecular formula is C76H46. The van der Waals surface area contributed by atoms with Crippen LogP contribution < -0.4 is 0 Å². The lowest BCUT2D eigenvalue weighted by atomic mass is 9.81. The third-order valence-corrected chi connectivity index (χ3v) is 16.5. The summed E-state index contributed by atoms with van der Waals surface area (Å²) in [5, 5.41) is 22.6. The molecule has 0 unspecified atom stereocenters. The fraction of sp³-hybridized carbons (Fsp3) is 0. The molecule has 0 amide bonds. The van der Waals surface area contributed by atoms with Crippen molar-refractivity contribution in [3.8, 4) is 66.8 Å². The minimum Gasteiger partial charge on any atom is -0.0616 e. The van der Waals surface area contributed by atoms with Gasteiger partial charge in [0.1, 0.15) is 0 Å². The molecule has 0 bridgehead atoms. The molecule has 0 saturated carbocycles. The third-order valence-electron chi connectivity index (χ3n) is 16.5. The number of hydrogen-bond acceptors (Lipinski definition) is 0. The minimum atomic E-state index is 1.19. The van der Waals surface area contributed by atoms with E-state index in [1.807, 2.05) is 0 Å². The Hall–Kier alpha value is -9.88. The van der Waals surface area contributed by atoms with Crippen LogP contribution in [-0.2, 0) is 0 Å². The molecule has 0 N–H and O–H groups in total. The van der Waals surface area contributed by atoms with Crippen LogP contribution in [0.5, 0.6) is 0 Å². The van der Waals surface area contributed by atoms with Gasteiger partial charge in [0.2, 0.25) is 0 Å². The molecule has 0 aliphatic rings. The van der Waals surface area contributed by atoms with E-state index in [4.69, 9.17) is 0 Å². The Balaban J connectivity index is 0.993. The quantitative estimate of drug-likeness (QED) is 0.146. The number of rotatable bonds is 6. The minimum absolute atomic E-state index is 1.19. The lowest BCUT2D eigenvalue weighted by Crippen LogP contribution is -1.95. The van der Waals surface area contributed by atoms with Crippen molar-refractivity contribution >= 4 is 97.0 Å². The largest absolute Gasteiger partial charge is 0.0616 e. The van der Waals surface area contributed by atoms with Crippen molar-refractivity contribution in [2.75, 3.05) is 0 Å². The zero-order valence-electron chi connectivity index (χ0n) is 41.6. The van der Waals surface area contributed by atoms with Gasteiger partial charge in [-0.25, -0.2) is 0 Å². The predicted molar refractivity (Wildman–Crippen MR) is 328 cm³/mol. The van der Waals surface area contributed by atoms with Crippen molar-refractivity contribution in [1.29, 1.82) is 0 Å². The Kier molecular flexibility index (Phi) is 9.44. The Morgan fingerprint density at radius 2 is 0.421 bits per heavy atom. The molecule has 0 heteroatoms. The molecule has 0 spiro atoms.